The lowest BCUT2D eigenvalue weighted by Gasteiger charge is -2.34. The summed E-state index contributed by atoms with van der Waals surface area (Å²) in [5.41, 5.74) is 1.16. The average molecular weight is 311 g/mol. The molecule has 0 bridgehead atoms. The molecule has 2 amide bonds. The number of aryl methyl sites for hydroxylation is 2. The predicted molar refractivity (Wildman–Crippen MR) is 84.7 cm³/mol. The summed E-state index contributed by atoms with van der Waals surface area (Å²) in [5.74, 6) is 0.278. The summed E-state index contributed by atoms with van der Waals surface area (Å²) in [6, 6.07) is -0.0788. The Hall–Kier alpha value is -1.14. The molecule has 118 valence electrons. The number of nitrogens with zero attached hydrogens (tertiary/aromatic N) is 2. The van der Waals surface area contributed by atoms with Crippen LogP contribution < -0.4 is 5.32 Å². The van der Waals surface area contributed by atoms with E-state index in [1.54, 1.807) is 16.2 Å². The number of thiazole rings is 1. The van der Waals surface area contributed by atoms with E-state index in [1.165, 1.54) is 4.88 Å². The number of piperidine rings is 1. The first-order chi connectivity index (χ1) is 10.0. The van der Waals surface area contributed by atoms with Crippen molar-refractivity contribution in [3.63, 3.8) is 0 Å². The Balaban J connectivity index is 1.76. The van der Waals surface area contributed by atoms with Crippen molar-refractivity contribution in [2.75, 3.05) is 19.6 Å². The number of aliphatic hydroxyl groups is 1. The number of aliphatic hydroxyl groups excluding tert-OH is 1. The van der Waals surface area contributed by atoms with E-state index in [0.29, 0.717) is 13.1 Å². The molecular formula is C15H25N3O2S. The Bertz CT molecular complexity index is 489. The molecule has 21 heavy (non-hydrogen) atoms. The van der Waals surface area contributed by atoms with Crippen molar-refractivity contribution in [1.82, 2.24) is 15.2 Å². The number of hydrogen-bond acceptors (Lipinski definition) is 4. The van der Waals surface area contributed by atoms with Gasteiger partial charge >= 0.3 is 6.03 Å². The quantitative estimate of drug-likeness (QED) is 0.893. The standard InChI is InChI=1S/C15H25N3O2S/c1-4-12-11(3)21-14(17-12)5-7-16-15(20)18-8-6-10(2)13(19)9-18/h10,13,19H,4-9H2,1-3H3,(H,16,20). The molecule has 1 saturated heterocycles. The van der Waals surface area contributed by atoms with Gasteiger partial charge in [0.15, 0.2) is 0 Å². The third kappa shape index (κ3) is 4.17. The fourth-order valence-corrected chi connectivity index (χ4v) is 3.57. The lowest BCUT2D eigenvalue weighted by molar-refractivity contribution is 0.0436. The van der Waals surface area contributed by atoms with Gasteiger partial charge in [0.1, 0.15) is 0 Å². The van der Waals surface area contributed by atoms with Gasteiger partial charge < -0.3 is 15.3 Å². The van der Waals surface area contributed by atoms with Gasteiger partial charge in [-0.1, -0.05) is 13.8 Å². The van der Waals surface area contributed by atoms with Crippen molar-refractivity contribution in [3.05, 3.63) is 15.6 Å². The van der Waals surface area contributed by atoms with Crippen LogP contribution in [-0.2, 0) is 12.8 Å². The monoisotopic (exact) mass is 311 g/mol. The van der Waals surface area contributed by atoms with Gasteiger partial charge in [0.05, 0.1) is 16.8 Å². The lowest BCUT2D eigenvalue weighted by Crippen LogP contribution is -2.49. The smallest absolute Gasteiger partial charge is 0.317 e. The number of likely N-dealkylation sites (tertiary alicyclic amines) is 1. The number of carbonyl (C=O) groups excluding carboxylic acids is 1. The highest BCUT2D eigenvalue weighted by atomic mass is 32.1. The minimum Gasteiger partial charge on any atom is -0.391 e. The van der Waals surface area contributed by atoms with Crippen LogP contribution >= 0.6 is 11.3 Å². The average Bonchev–Trinajstić information content (AvgIpc) is 2.82. The Morgan fingerprint density at radius 2 is 2.33 bits per heavy atom. The van der Waals surface area contributed by atoms with Crippen LogP contribution in [0.25, 0.3) is 0 Å². The number of urea groups is 1. The van der Waals surface area contributed by atoms with E-state index in [2.05, 4.69) is 24.1 Å². The molecule has 1 aromatic heterocycles. The number of amides is 2. The molecule has 0 radical (unpaired) electrons. The van der Waals surface area contributed by atoms with Gasteiger partial charge in [0.2, 0.25) is 0 Å². The van der Waals surface area contributed by atoms with E-state index < -0.39 is 6.10 Å². The molecule has 1 aromatic rings. The molecule has 1 aliphatic heterocycles. The van der Waals surface area contributed by atoms with Crippen LogP contribution in [0.4, 0.5) is 4.79 Å². The SMILES string of the molecule is CCc1nc(CCNC(=O)N2CCC(C)C(O)C2)sc1C. The molecule has 6 heteroatoms. The van der Waals surface area contributed by atoms with Crippen molar-refractivity contribution < 1.29 is 9.90 Å². The summed E-state index contributed by atoms with van der Waals surface area (Å²) in [6.07, 6.45) is 2.18. The van der Waals surface area contributed by atoms with Crippen LogP contribution in [0, 0.1) is 12.8 Å². The number of rotatable bonds is 4. The summed E-state index contributed by atoms with van der Waals surface area (Å²) in [5, 5.41) is 13.8. The molecule has 2 atom stereocenters. The normalized spacial score (nSPS) is 22.4. The first kappa shape index (κ1) is 16.2. The Labute approximate surface area is 130 Å². The molecule has 0 saturated carbocycles. The van der Waals surface area contributed by atoms with Crippen LogP contribution in [0.5, 0.6) is 0 Å². The Kier molecular flexibility index (Phi) is 5.58. The van der Waals surface area contributed by atoms with Gasteiger partial charge in [-0.05, 0) is 25.7 Å². The van der Waals surface area contributed by atoms with E-state index in [9.17, 15) is 9.90 Å². The van der Waals surface area contributed by atoms with Crippen LogP contribution in [0.3, 0.4) is 0 Å². The molecule has 2 rings (SSSR count). The largest absolute Gasteiger partial charge is 0.391 e. The van der Waals surface area contributed by atoms with Crippen LogP contribution in [-0.4, -0.2) is 46.8 Å². The minimum atomic E-state index is -0.404. The lowest BCUT2D eigenvalue weighted by atomic mass is 9.96. The molecule has 2 unspecified atom stereocenters. The van der Waals surface area contributed by atoms with Gasteiger partial charge in [0, 0.05) is 30.9 Å². The Morgan fingerprint density at radius 3 is 2.95 bits per heavy atom. The fourth-order valence-electron chi connectivity index (χ4n) is 2.54. The first-order valence-electron chi connectivity index (χ1n) is 7.67. The van der Waals surface area contributed by atoms with Gasteiger partial charge in [-0.2, -0.15) is 0 Å². The molecule has 1 fully saturated rings. The molecule has 2 heterocycles. The molecule has 1 aliphatic rings. The maximum Gasteiger partial charge on any atom is 0.317 e. The number of carbonyl (C=O) groups is 1. The zero-order valence-corrected chi connectivity index (χ0v) is 13.9. The Morgan fingerprint density at radius 1 is 1.57 bits per heavy atom. The fraction of sp³-hybridized carbons (Fsp3) is 0.733. The molecule has 2 N–H and O–H groups in total. The molecule has 0 spiro atoms. The number of nitrogens with one attached hydrogen (secondary N) is 1. The predicted octanol–water partition coefficient (Wildman–Crippen LogP) is 1.97. The molecule has 0 aliphatic carbocycles. The van der Waals surface area contributed by atoms with Crippen LogP contribution in [0.2, 0.25) is 0 Å². The van der Waals surface area contributed by atoms with Crippen molar-refractivity contribution >= 4 is 17.4 Å². The molecular weight excluding hydrogens is 286 g/mol. The summed E-state index contributed by atoms with van der Waals surface area (Å²) in [6.45, 7) is 7.97. The van der Waals surface area contributed by atoms with Gasteiger partial charge in [-0.25, -0.2) is 9.78 Å². The zero-order chi connectivity index (χ0) is 15.4. The summed E-state index contributed by atoms with van der Waals surface area (Å²) in [4.78, 5) is 19.6. The minimum absolute atomic E-state index is 0.0788. The molecule has 5 nitrogen and oxygen atoms in total. The second kappa shape index (κ2) is 7.22. The third-order valence-electron chi connectivity index (χ3n) is 4.09. The van der Waals surface area contributed by atoms with Crippen molar-refractivity contribution in [2.45, 2.75) is 46.1 Å². The van der Waals surface area contributed by atoms with Gasteiger partial charge in [-0.15, -0.1) is 11.3 Å². The highest BCUT2D eigenvalue weighted by Crippen LogP contribution is 2.18. The third-order valence-corrected chi connectivity index (χ3v) is 5.17. The number of β-amino-alcohol motifs (C(OH)–C–C–N with tert-alkyl or cyclic N) is 1. The second-order valence-electron chi connectivity index (χ2n) is 5.73. The first-order valence-corrected chi connectivity index (χ1v) is 8.49. The van der Waals surface area contributed by atoms with E-state index >= 15 is 0 Å². The highest BCUT2D eigenvalue weighted by molar-refractivity contribution is 7.11. The number of hydrogen-bond donors (Lipinski definition) is 2. The topological polar surface area (TPSA) is 65.5 Å². The van der Waals surface area contributed by atoms with E-state index in [-0.39, 0.29) is 11.9 Å². The van der Waals surface area contributed by atoms with Crippen molar-refractivity contribution in [1.29, 1.82) is 0 Å². The van der Waals surface area contributed by atoms with Gasteiger partial charge in [0.25, 0.3) is 0 Å². The van der Waals surface area contributed by atoms with E-state index in [1.807, 2.05) is 6.92 Å². The maximum absolute atomic E-state index is 12.1. The van der Waals surface area contributed by atoms with Crippen LogP contribution in [0.15, 0.2) is 0 Å². The maximum atomic E-state index is 12.1. The highest BCUT2D eigenvalue weighted by Gasteiger charge is 2.26. The van der Waals surface area contributed by atoms with E-state index in [0.717, 1.165) is 36.5 Å². The number of aromatic nitrogens is 1. The van der Waals surface area contributed by atoms with Crippen LogP contribution in [0.1, 0.15) is 35.8 Å². The zero-order valence-electron chi connectivity index (χ0n) is 13.1. The van der Waals surface area contributed by atoms with Crippen molar-refractivity contribution in [2.24, 2.45) is 5.92 Å². The van der Waals surface area contributed by atoms with Crippen molar-refractivity contribution in [3.8, 4) is 0 Å². The summed E-state index contributed by atoms with van der Waals surface area (Å²) in [7, 11) is 0. The molecule has 0 aromatic carbocycles. The van der Waals surface area contributed by atoms with Gasteiger partial charge in [-0.3, -0.25) is 0 Å². The summed E-state index contributed by atoms with van der Waals surface area (Å²) >= 11 is 1.71. The summed E-state index contributed by atoms with van der Waals surface area (Å²) < 4.78 is 0. The second-order valence-corrected chi connectivity index (χ2v) is 7.01. The van der Waals surface area contributed by atoms with E-state index in [4.69, 9.17) is 0 Å².